The molecule has 0 fully saturated rings. The van der Waals surface area contributed by atoms with Crippen LogP contribution in [0.15, 0.2) is 54.9 Å². The zero-order valence-electron chi connectivity index (χ0n) is 17.7. The van der Waals surface area contributed by atoms with Crippen LogP contribution >= 0.6 is 0 Å². The number of fused-ring (bicyclic) bond motifs is 5. The minimum Gasteiger partial charge on any atom is -0.507 e. The fraction of sp³-hybridized carbons (Fsp3) is 0.346. The second kappa shape index (κ2) is 7.44. The maximum Gasteiger partial charge on any atom is 0.124 e. The van der Waals surface area contributed by atoms with E-state index in [0.717, 1.165) is 41.8 Å². The van der Waals surface area contributed by atoms with Crippen molar-refractivity contribution >= 4 is 21.5 Å². The van der Waals surface area contributed by atoms with Crippen LogP contribution in [0.2, 0.25) is 0 Å². The molecule has 3 aromatic carbocycles. The Hall–Kier alpha value is -2.85. The third kappa shape index (κ3) is 3.25. The van der Waals surface area contributed by atoms with Crippen molar-refractivity contribution in [3.63, 3.8) is 0 Å². The number of benzene rings is 3. The second-order valence-electron chi connectivity index (χ2n) is 9.04. The monoisotopic (exact) mass is 399 g/mol. The number of nitrogens with zero attached hydrogens (tertiary/aromatic N) is 2. The van der Waals surface area contributed by atoms with Gasteiger partial charge >= 0.3 is 0 Å². The topological polar surface area (TPSA) is 64.1 Å². The summed E-state index contributed by atoms with van der Waals surface area (Å²) in [6, 6.07) is 14.8. The molecule has 30 heavy (non-hydrogen) atoms. The molecule has 1 heterocycles. The van der Waals surface area contributed by atoms with Gasteiger partial charge in [-0.15, -0.1) is 0 Å². The molecule has 1 aromatic heterocycles. The van der Waals surface area contributed by atoms with Crippen molar-refractivity contribution in [3.05, 3.63) is 71.5 Å². The standard InChI is InChI=1S/C26H29N3O/c1-16(2)29-15-18(14-28-29)8-7-17-11-23-21(25(27)12-17)10-9-20-19-5-3-4-6-22(19)26(30)13-24(20)23/h3-6,9-10,13-17,25,30H,7-8,11-12,27H2,1-2H3. The smallest absolute Gasteiger partial charge is 0.124 e. The Morgan fingerprint density at radius 1 is 1.10 bits per heavy atom. The summed E-state index contributed by atoms with van der Waals surface area (Å²) in [5.74, 6) is 0.886. The Morgan fingerprint density at radius 3 is 2.63 bits per heavy atom. The zero-order valence-corrected chi connectivity index (χ0v) is 17.7. The molecule has 1 aliphatic carbocycles. The number of aromatic nitrogens is 2. The number of nitrogens with two attached hydrogens (primary N) is 1. The van der Waals surface area contributed by atoms with Crippen molar-refractivity contribution in [2.45, 2.75) is 51.6 Å². The predicted octanol–water partition coefficient (Wildman–Crippen LogP) is 5.67. The Bertz CT molecular complexity index is 1220. The summed E-state index contributed by atoms with van der Waals surface area (Å²) in [4.78, 5) is 0. The van der Waals surface area contributed by atoms with E-state index in [2.05, 4.69) is 43.3 Å². The van der Waals surface area contributed by atoms with E-state index in [-0.39, 0.29) is 6.04 Å². The van der Waals surface area contributed by atoms with Crippen molar-refractivity contribution in [1.82, 2.24) is 9.78 Å². The van der Waals surface area contributed by atoms with Crippen molar-refractivity contribution in [2.75, 3.05) is 0 Å². The van der Waals surface area contributed by atoms with Crippen molar-refractivity contribution < 1.29 is 5.11 Å². The highest BCUT2D eigenvalue weighted by molar-refractivity contribution is 6.11. The van der Waals surface area contributed by atoms with E-state index in [0.29, 0.717) is 17.7 Å². The van der Waals surface area contributed by atoms with Gasteiger partial charge in [-0.3, -0.25) is 4.68 Å². The molecule has 0 spiro atoms. The average Bonchev–Trinajstić information content (AvgIpc) is 3.22. The maximum absolute atomic E-state index is 10.7. The average molecular weight is 400 g/mol. The van der Waals surface area contributed by atoms with E-state index in [1.807, 2.05) is 35.1 Å². The summed E-state index contributed by atoms with van der Waals surface area (Å²) in [5.41, 5.74) is 10.5. The Labute approximate surface area is 177 Å². The molecule has 0 aliphatic heterocycles. The summed E-state index contributed by atoms with van der Waals surface area (Å²) < 4.78 is 2.03. The SMILES string of the molecule is CC(C)n1cc(CCC2Cc3c(ccc4c3cc(O)c3ccccc34)C(N)C2)cn1. The molecule has 3 N–H and O–H groups in total. The van der Waals surface area contributed by atoms with Crippen molar-refractivity contribution in [2.24, 2.45) is 11.7 Å². The molecule has 1 aliphatic rings. The first-order chi connectivity index (χ1) is 14.5. The zero-order chi connectivity index (χ0) is 20.8. The van der Waals surface area contributed by atoms with Crippen LogP contribution in [-0.2, 0) is 12.8 Å². The van der Waals surface area contributed by atoms with Crippen LogP contribution in [0.4, 0.5) is 0 Å². The first kappa shape index (κ1) is 19.1. The summed E-state index contributed by atoms with van der Waals surface area (Å²) in [5, 5.41) is 19.5. The Morgan fingerprint density at radius 2 is 1.87 bits per heavy atom. The molecule has 0 bridgehead atoms. The normalized spacial score (nSPS) is 18.9. The van der Waals surface area contributed by atoms with Crippen LogP contribution < -0.4 is 5.73 Å². The van der Waals surface area contributed by atoms with Crippen molar-refractivity contribution in [3.8, 4) is 5.75 Å². The predicted molar refractivity (Wildman–Crippen MR) is 123 cm³/mol. The van der Waals surface area contributed by atoms with E-state index < -0.39 is 0 Å². The number of rotatable bonds is 4. The molecule has 0 saturated heterocycles. The van der Waals surface area contributed by atoms with Gasteiger partial charge in [0, 0.05) is 23.7 Å². The highest BCUT2D eigenvalue weighted by Crippen LogP contribution is 2.41. The van der Waals surface area contributed by atoms with Crippen molar-refractivity contribution in [1.29, 1.82) is 0 Å². The first-order valence-corrected chi connectivity index (χ1v) is 11.0. The lowest BCUT2D eigenvalue weighted by Crippen LogP contribution is -2.24. The van der Waals surface area contributed by atoms with E-state index in [9.17, 15) is 5.11 Å². The lowest BCUT2D eigenvalue weighted by Gasteiger charge is -2.31. The molecule has 0 saturated carbocycles. The molecule has 0 amide bonds. The summed E-state index contributed by atoms with van der Waals surface area (Å²) in [7, 11) is 0. The van der Waals surface area contributed by atoms with Crippen LogP contribution in [0.3, 0.4) is 0 Å². The van der Waals surface area contributed by atoms with Gasteiger partial charge in [-0.25, -0.2) is 0 Å². The fourth-order valence-electron chi connectivity index (χ4n) is 5.05. The lowest BCUT2D eigenvalue weighted by atomic mass is 9.76. The molecule has 2 unspecified atom stereocenters. The minimum atomic E-state index is 0.0511. The van der Waals surface area contributed by atoms with Gasteiger partial charge in [-0.05, 0) is 84.4 Å². The molecule has 4 nitrogen and oxygen atoms in total. The molecular formula is C26H29N3O. The number of phenols is 1. The molecule has 154 valence electrons. The van der Waals surface area contributed by atoms with E-state index in [1.165, 1.54) is 22.1 Å². The highest BCUT2D eigenvalue weighted by atomic mass is 16.3. The van der Waals surface area contributed by atoms with Gasteiger partial charge in [0.05, 0.1) is 6.20 Å². The third-order valence-electron chi connectivity index (χ3n) is 6.67. The maximum atomic E-state index is 10.7. The van der Waals surface area contributed by atoms with E-state index in [1.54, 1.807) is 0 Å². The fourth-order valence-corrected chi connectivity index (χ4v) is 5.05. The number of aromatic hydroxyl groups is 1. The Balaban J connectivity index is 1.47. The molecule has 2 atom stereocenters. The van der Waals surface area contributed by atoms with Gasteiger partial charge in [0.2, 0.25) is 0 Å². The largest absolute Gasteiger partial charge is 0.507 e. The van der Waals surface area contributed by atoms with Crippen LogP contribution in [0.5, 0.6) is 5.75 Å². The number of hydrogen-bond acceptors (Lipinski definition) is 3. The summed E-state index contributed by atoms with van der Waals surface area (Å²) in [6.07, 6.45) is 8.31. The van der Waals surface area contributed by atoms with Crippen LogP contribution in [0.1, 0.15) is 55.5 Å². The van der Waals surface area contributed by atoms with Crippen LogP contribution in [0, 0.1) is 5.92 Å². The molecular weight excluding hydrogens is 370 g/mol. The molecule has 4 aromatic rings. The minimum absolute atomic E-state index is 0.0511. The first-order valence-electron chi connectivity index (χ1n) is 11.0. The van der Waals surface area contributed by atoms with Gasteiger partial charge in [0.1, 0.15) is 5.75 Å². The molecule has 0 radical (unpaired) electrons. The van der Waals surface area contributed by atoms with Gasteiger partial charge in [0.25, 0.3) is 0 Å². The van der Waals surface area contributed by atoms with Gasteiger partial charge in [0.15, 0.2) is 0 Å². The summed E-state index contributed by atoms with van der Waals surface area (Å²) >= 11 is 0. The van der Waals surface area contributed by atoms with E-state index >= 15 is 0 Å². The number of phenolic OH excluding ortho intramolecular Hbond substituents is 1. The number of aryl methyl sites for hydroxylation is 1. The van der Waals surface area contributed by atoms with Gasteiger partial charge in [-0.2, -0.15) is 5.10 Å². The molecule has 4 heteroatoms. The quantitative estimate of drug-likeness (QED) is 0.435. The lowest BCUT2D eigenvalue weighted by molar-refractivity contribution is 0.385. The van der Waals surface area contributed by atoms with Gasteiger partial charge in [-0.1, -0.05) is 36.4 Å². The highest BCUT2D eigenvalue weighted by Gasteiger charge is 2.26. The van der Waals surface area contributed by atoms with Crippen LogP contribution in [0.25, 0.3) is 21.5 Å². The Kier molecular flexibility index (Phi) is 4.75. The molecule has 5 rings (SSSR count). The van der Waals surface area contributed by atoms with E-state index in [4.69, 9.17) is 5.73 Å². The second-order valence-corrected chi connectivity index (χ2v) is 9.04. The third-order valence-corrected chi connectivity index (χ3v) is 6.67. The summed E-state index contributed by atoms with van der Waals surface area (Å²) in [6.45, 7) is 4.30. The van der Waals surface area contributed by atoms with Crippen LogP contribution in [-0.4, -0.2) is 14.9 Å². The number of hydrogen-bond donors (Lipinski definition) is 2. The van der Waals surface area contributed by atoms with Gasteiger partial charge < -0.3 is 10.8 Å².